The van der Waals surface area contributed by atoms with Gasteiger partial charge in [-0.3, -0.25) is 13.3 Å². The molecule has 1 aromatic heterocycles. The molecule has 0 aliphatic rings. The van der Waals surface area contributed by atoms with Gasteiger partial charge in [-0.25, -0.2) is 4.98 Å². The van der Waals surface area contributed by atoms with Crippen LogP contribution in [0.5, 0.6) is 5.75 Å². The fraction of sp³-hybridized carbons (Fsp3) is 0.182. The SMILES string of the molecule is CCC(NC(=O)c1cc(OC)ccc1N(c1ccccn1)S(=O)[O-])c1ccccc1. The second-order valence-corrected chi connectivity index (χ2v) is 7.23. The van der Waals surface area contributed by atoms with E-state index in [2.05, 4.69) is 10.3 Å². The number of benzene rings is 2. The van der Waals surface area contributed by atoms with Crippen molar-refractivity contribution in [1.29, 1.82) is 0 Å². The van der Waals surface area contributed by atoms with E-state index >= 15 is 0 Å². The maximum atomic E-state index is 13.2. The lowest BCUT2D eigenvalue weighted by Crippen LogP contribution is -2.30. The van der Waals surface area contributed by atoms with Gasteiger partial charge >= 0.3 is 0 Å². The van der Waals surface area contributed by atoms with E-state index in [9.17, 15) is 13.6 Å². The number of rotatable bonds is 8. The van der Waals surface area contributed by atoms with Crippen LogP contribution < -0.4 is 14.4 Å². The number of pyridine rings is 1. The first kappa shape index (κ1) is 21.5. The summed E-state index contributed by atoms with van der Waals surface area (Å²) in [7, 11) is 1.48. The molecule has 7 nitrogen and oxygen atoms in total. The zero-order valence-corrected chi connectivity index (χ0v) is 17.5. The van der Waals surface area contributed by atoms with Gasteiger partial charge in [0.15, 0.2) is 0 Å². The highest BCUT2D eigenvalue weighted by atomic mass is 32.2. The van der Waals surface area contributed by atoms with Gasteiger partial charge in [-0.1, -0.05) is 43.3 Å². The Hall–Kier alpha value is -3.23. The average Bonchev–Trinajstić information content (AvgIpc) is 2.78. The summed E-state index contributed by atoms with van der Waals surface area (Å²) in [5, 5.41) is 2.99. The molecule has 0 spiro atoms. The van der Waals surface area contributed by atoms with E-state index < -0.39 is 17.2 Å². The zero-order valence-electron chi connectivity index (χ0n) is 16.6. The number of amides is 1. The smallest absolute Gasteiger partial charge is 0.254 e. The Morgan fingerprint density at radius 2 is 1.90 bits per heavy atom. The summed E-state index contributed by atoms with van der Waals surface area (Å²) in [6.45, 7) is 1.97. The predicted molar refractivity (Wildman–Crippen MR) is 115 cm³/mol. The first-order valence-corrected chi connectivity index (χ1v) is 10.4. The zero-order chi connectivity index (χ0) is 21.5. The second kappa shape index (κ2) is 10.00. The molecule has 2 aromatic carbocycles. The summed E-state index contributed by atoms with van der Waals surface area (Å²) >= 11 is -2.69. The summed E-state index contributed by atoms with van der Waals surface area (Å²) in [6.07, 6.45) is 2.16. The third-order valence-electron chi connectivity index (χ3n) is 4.59. The minimum atomic E-state index is -2.69. The molecule has 0 radical (unpaired) electrons. The predicted octanol–water partition coefficient (Wildman–Crippen LogP) is 3.90. The Morgan fingerprint density at radius 1 is 1.17 bits per heavy atom. The van der Waals surface area contributed by atoms with Crippen molar-refractivity contribution < 1.29 is 18.3 Å². The van der Waals surface area contributed by atoms with Crippen molar-refractivity contribution >= 4 is 28.7 Å². The summed E-state index contributed by atoms with van der Waals surface area (Å²) < 4.78 is 30.3. The standard InChI is InChI=1S/C22H23N3O4S/c1-3-19(16-9-5-4-6-10-16)24-22(26)18-15-17(29-2)12-13-20(18)25(30(27)28)21-11-7-8-14-23-21/h4-15,19H,3H2,1-2H3,(H,24,26)(H,27,28)/p-1. The minimum absolute atomic E-state index is 0.165. The van der Waals surface area contributed by atoms with E-state index in [0.29, 0.717) is 12.2 Å². The fourth-order valence-corrected chi connectivity index (χ4v) is 3.68. The molecule has 2 unspecified atom stereocenters. The second-order valence-electron chi connectivity index (χ2n) is 6.43. The summed E-state index contributed by atoms with van der Waals surface area (Å²) in [6, 6.07) is 18.9. The molecule has 0 bridgehead atoms. The van der Waals surface area contributed by atoms with E-state index in [1.807, 2.05) is 37.3 Å². The van der Waals surface area contributed by atoms with Crippen molar-refractivity contribution in [3.63, 3.8) is 0 Å². The van der Waals surface area contributed by atoms with Crippen LogP contribution in [0.4, 0.5) is 11.5 Å². The van der Waals surface area contributed by atoms with Gasteiger partial charge < -0.3 is 14.6 Å². The van der Waals surface area contributed by atoms with Crippen molar-refractivity contribution in [2.45, 2.75) is 19.4 Å². The highest BCUT2D eigenvalue weighted by Crippen LogP contribution is 2.32. The first-order chi connectivity index (χ1) is 14.5. The minimum Gasteiger partial charge on any atom is -0.755 e. The molecule has 0 fully saturated rings. The number of carbonyl (C=O) groups excluding carboxylic acids is 1. The summed E-state index contributed by atoms with van der Waals surface area (Å²) in [5.74, 6) is 0.209. The number of aromatic nitrogens is 1. The molecule has 0 saturated heterocycles. The molecule has 156 valence electrons. The maximum absolute atomic E-state index is 13.2. The number of ether oxygens (including phenoxy) is 1. The van der Waals surface area contributed by atoms with Crippen LogP contribution >= 0.6 is 0 Å². The van der Waals surface area contributed by atoms with Crippen molar-refractivity contribution in [2.75, 3.05) is 11.4 Å². The summed E-state index contributed by atoms with van der Waals surface area (Å²) in [5.41, 5.74) is 1.31. The van der Waals surface area contributed by atoms with Crippen LogP contribution in [-0.2, 0) is 11.3 Å². The first-order valence-electron chi connectivity index (χ1n) is 9.39. The Balaban J connectivity index is 2.02. The third-order valence-corrected chi connectivity index (χ3v) is 5.27. The highest BCUT2D eigenvalue weighted by Gasteiger charge is 2.23. The third kappa shape index (κ3) is 4.84. The van der Waals surface area contributed by atoms with Crippen LogP contribution in [0.25, 0.3) is 0 Å². The Morgan fingerprint density at radius 3 is 2.50 bits per heavy atom. The average molecular weight is 425 g/mol. The molecule has 30 heavy (non-hydrogen) atoms. The van der Waals surface area contributed by atoms with Gasteiger partial charge in [0, 0.05) is 6.20 Å². The number of anilines is 2. The van der Waals surface area contributed by atoms with Gasteiger partial charge in [-0.05, 0) is 42.3 Å². The fourth-order valence-electron chi connectivity index (χ4n) is 3.10. The molecule has 3 rings (SSSR count). The van der Waals surface area contributed by atoms with Gasteiger partial charge in [0.05, 0.1) is 35.7 Å². The van der Waals surface area contributed by atoms with Gasteiger partial charge in [0.2, 0.25) is 0 Å². The number of nitrogens with one attached hydrogen (secondary N) is 1. The van der Waals surface area contributed by atoms with E-state index in [0.717, 1.165) is 9.87 Å². The molecule has 0 saturated carbocycles. The number of hydrogen-bond acceptors (Lipinski definition) is 5. The molecule has 3 aromatic rings. The van der Waals surface area contributed by atoms with Gasteiger partial charge in [-0.2, -0.15) is 0 Å². The van der Waals surface area contributed by atoms with Crippen LogP contribution in [0.3, 0.4) is 0 Å². The van der Waals surface area contributed by atoms with Gasteiger partial charge in [0.1, 0.15) is 11.6 Å². The Bertz CT molecular complexity index is 1020. The van der Waals surface area contributed by atoms with Gasteiger partial charge in [-0.15, -0.1) is 0 Å². The topological polar surface area (TPSA) is 94.6 Å². The summed E-state index contributed by atoms with van der Waals surface area (Å²) in [4.78, 5) is 17.3. The largest absolute Gasteiger partial charge is 0.755 e. The molecule has 8 heteroatoms. The number of hydrogen-bond donors (Lipinski definition) is 1. The molecule has 1 amide bonds. The molecular formula is C22H22N3O4S-. The molecule has 0 aliphatic carbocycles. The van der Waals surface area contributed by atoms with Crippen molar-refractivity contribution in [3.8, 4) is 5.75 Å². The number of methoxy groups -OCH3 is 1. The molecular weight excluding hydrogens is 402 g/mol. The van der Waals surface area contributed by atoms with Crippen LogP contribution in [0.15, 0.2) is 72.9 Å². The molecule has 1 N–H and O–H groups in total. The van der Waals surface area contributed by atoms with Crippen LogP contribution in [0.2, 0.25) is 0 Å². The van der Waals surface area contributed by atoms with Crippen molar-refractivity contribution in [2.24, 2.45) is 0 Å². The van der Waals surface area contributed by atoms with E-state index in [1.165, 1.54) is 25.4 Å². The normalized spacial score (nSPS) is 12.6. The lowest BCUT2D eigenvalue weighted by molar-refractivity contribution is 0.0936. The quantitative estimate of drug-likeness (QED) is 0.554. The monoisotopic (exact) mass is 424 g/mol. The lowest BCUT2D eigenvalue weighted by Gasteiger charge is -2.28. The Labute approximate surface area is 178 Å². The van der Waals surface area contributed by atoms with Gasteiger partial charge in [0.25, 0.3) is 5.91 Å². The van der Waals surface area contributed by atoms with Crippen LogP contribution in [0, 0.1) is 0 Å². The number of carbonyl (C=O) groups is 1. The van der Waals surface area contributed by atoms with E-state index in [-0.39, 0.29) is 23.1 Å². The van der Waals surface area contributed by atoms with Crippen molar-refractivity contribution in [3.05, 3.63) is 84.1 Å². The molecule has 0 aliphatic heterocycles. The van der Waals surface area contributed by atoms with Crippen LogP contribution in [-0.4, -0.2) is 26.8 Å². The number of nitrogens with zero attached hydrogens (tertiary/aromatic N) is 2. The van der Waals surface area contributed by atoms with E-state index in [4.69, 9.17) is 4.74 Å². The molecule has 1 heterocycles. The highest BCUT2D eigenvalue weighted by molar-refractivity contribution is 7.81. The molecule has 2 atom stereocenters. The Kier molecular flexibility index (Phi) is 7.16. The van der Waals surface area contributed by atoms with Crippen LogP contribution in [0.1, 0.15) is 35.3 Å². The lowest BCUT2D eigenvalue weighted by atomic mass is 10.0. The van der Waals surface area contributed by atoms with Crippen molar-refractivity contribution in [1.82, 2.24) is 10.3 Å². The maximum Gasteiger partial charge on any atom is 0.254 e. The van der Waals surface area contributed by atoms with E-state index in [1.54, 1.807) is 24.3 Å².